The molecule has 5 unspecified atom stereocenters. The van der Waals surface area contributed by atoms with Crippen LogP contribution >= 0.6 is 0 Å². The highest BCUT2D eigenvalue weighted by atomic mass is 16.6. The van der Waals surface area contributed by atoms with E-state index in [-0.39, 0.29) is 88.9 Å². The van der Waals surface area contributed by atoms with E-state index in [1.807, 2.05) is 6.92 Å². The minimum absolute atomic E-state index is 0.0829. The van der Waals surface area contributed by atoms with E-state index in [0.29, 0.717) is 25.7 Å². The van der Waals surface area contributed by atoms with Gasteiger partial charge in [0.2, 0.25) is 0 Å². The van der Waals surface area contributed by atoms with Crippen LogP contribution in [0.4, 0.5) is 4.79 Å². The first kappa shape index (κ1) is 63.1. The van der Waals surface area contributed by atoms with Gasteiger partial charge in [0, 0.05) is 25.9 Å². The SMILES string of the molecule is CCCCCCC(C)C(=O)OCC(COC(=O)C(C)CCC)OC(=O)CCCN(CCCC(=O)OC(COC(=O)C(C)CCCCCC)COC(=O)C(C)CCCCCC)C(=O)OC(C)(C)C. The molecule has 0 bridgehead atoms. The third-order valence-electron chi connectivity index (χ3n) is 11.3. The molecular formula is C52H93NO14. The average molecular weight is 956 g/mol. The van der Waals surface area contributed by atoms with Gasteiger partial charge in [-0.3, -0.25) is 28.8 Å². The maximum absolute atomic E-state index is 13.3. The second-order valence-corrected chi connectivity index (χ2v) is 19.4. The number of hydrogen-bond donors (Lipinski definition) is 0. The third-order valence-corrected chi connectivity index (χ3v) is 11.3. The Hall–Kier alpha value is -3.91. The van der Waals surface area contributed by atoms with Crippen molar-refractivity contribution in [3.63, 3.8) is 0 Å². The molecule has 15 nitrogen and oxygen atoms in total. The first-order valence-corrected chi connectivity index (χ1v) is 25.8. The third kappa shape index (κ3) is 33.3. The minimum Gasteiger partial charge on any atom is -0.461 e. The van der Waals surface area contributed by atoms with Crippen LogP contribution in [-0.4, -0.2) is 104 Å². The monoisotopic (exact) mass is 956 g/mol. The lowest BCUT2D eigenvalue weighted by Crippen LogP contribution is -2.38. The van der Waals surface area contributed by atoms with Crippen molar-refractivity contribution >= 4 is 41.9 Å². The molecule has 390 valence electrons. The molecule has 0 aliphatic heterocycles. The summed E-state index contributed by atoms with van der Waals surface area (Å²) in [6, 6.07) is 0. The number of esters is 6. The van der Waals surface area contributed by atoms with E-state index >= 15 is 0 Å². The molecular weight excluding hydrogens is 863 g/mol. The lowest BCUT2D eigenvalue weighted by molar-refractivity contribution is -0.169. The molecule has 0 spiro atoms. The molecule has 0 aliphatic rings. The summed E-state index contributed by atoms with van der Waals surface area (Å²) in [7, 11) is 0. The molecule has 0 aliphatic carbocycles. The maximum atomic E-state index is 13.3. The predicted molar refractivity (Wildman–Crippen MR) is 258 cm³/mol. The van der Waals surface area contributed by atoms with Gasteiger partial charge in [0.15, 0.2) is 12.2 Å². The zero-order valence-electron chi connectivity index (χ0n) is 43.7. The fraction of sp³-hybridized carbons (Fsp3) is 0.865. The van der Waals surface area contributed by atoms with Crippen LogP contribution in [0, 0.1) is 23.7 Å². The fourth-order valence-electron chi connectivity index (χ4n) is 6.98. The zero-order chi connectivity index (χ0) is 50.6. The van der Waals surface area contributed by atoms with Gasteiger partial charge in [0.1, 0.15) is 32.0 Å². The van der Waals surface area contributed by atoms with Crippen LogP contribution in [0.5, 0.6) is 0 Å². The van der Waals surface area contributed by atoms with Gasteiger partial charge in [-0.25, -0.2) is 4.79 Å². The van der Waals surface area contributed by atoms with Gasteiger partial charge in [-0.15, -0.1) is 0 Å². The average Bonchev–Trinajstić information content (AvgIpc) is 3.27. The van der Waals surface area contributed by atoms with Crippen molar-refractivity contribution in [1.82, 2.24) is 4.90 Å². The Morgan fingerprint density at radius 2 is 0.731 bits per heavy atom. The summed E-state index contributed by atoms with van der Waals surface area (Å²) in [5.41, 5.74) is -0.820. The lowest BCUT2D eigenvalue weighted by atomic mass is 10.0. The summed E-state index contributed by atoms with van der Waals surface area (Å²) in [6.45, 7) is 19.7. The van der Waals surface area contributed by atoms with Gasteiger partial charge < -0.3 is 38.1 Å². The van der Waals surface area contributed by atoms with Crippen molar-refractivity contribution in [2.75, 3.05) is 39.5 Å². The minimum atomic E-state index is -1.03. The number of ether oxygens (including phenoxy) is 7. The van der Waals surface area contributed by atoms with Crippen molar-refractivity contribution in [1.29, 1.82) is 0 Å². The van der Waals surface area contributed by atoms with E-state index in [1.165, 1.54) is 4.90 Å². The summed E-state index contributed by atoms with van der Waals surface area (Å²) >= 11 is 0. The van der Waals surface area contributed by atoms with E-state index in [1.54, 1.807) is 48.5 Å². The molecule has 0 heterocycles. The van der Waals surface area contributed by atoms with Crippen LogP contribution in [0.3, 0.4) is 0 Å². The van der Waals surface area contributed by atoms with Gasteiger partial charge in [-0.2, -0.15) is 0 Å². The van der Waals surface area contributed by atoms with Crippen molar-refractivity contribution in [2.45, 2.75) is 229 Å². The number of carbonyl (C=O) groups is 7. The van der Waals surface area contributed by atoms with E-state index < -0.39 is 59.7 Å². The topological polar surface area (TPSA) is 187 Å². The molecule has 0 aromatic rings. The lowest BCUT2D eigenvalue weighted by Gasteiger charge is -2.27. The van der Waals surface area contributed by atoms with E-state index in [2.05, 4.69) is 20.8 Å². The van der Waals surface area contributed by atoms with Gasteiger partial charge in [0.25, 0.3) is 0 Å². The summed E-state index contributed by atoms with van der Waals surface area (Å²) in [5.74, 6) is -4.31. The first-order chi connectivity index (χ1) is 31.8. The van der Waals surface area contributed by atoms with E-state index in [0.717, 1.165) is 83.5 Å². The van der Waals surface area contributed by atoms with Crippen molar-refractivity contribution in [2.24, 2.45) is 23.7 Å². The van der Waals surface area contributed by atoms with E-state index in [4.69, 9.17) is 33.2 Å². The predicted octanol–water partition coefficient (Wildman–Crippen LogP) is 11.0. The highest BCUT2D eigenvalue weighted by molar-refractivity contribution is 5.74. The van der Waals surface area contributed by atoms with Gasteiger partial charge in [-0.1, -0.05) is 139 Å². The van der Waals surface area contributed by atoms with Crippen LogP contribution in [0.1, 0.15) is 211 Å². The maximum Gasteiger partial charge on any atom is 0.410 e. The Labute approximate surface area is 404 Å². The Balaban J connectivity index is 5.66. The number of rotatable bonds is 39. The number of hydrogen-bond acceptors (Lipinski definition) is 14. The molecule has 0 aromatic heterocycles. The number of unbranched alkanes of at least 4 members (excludes halogenated alkanes) is 9. The smallest absolute Gasteiger partial charge is 0.410 e. The van der Waals surface area contributed by atoms with Crippen molar-refractivity contribution < 1.29 is 66.7 Å². The standard InChI is InChI=1S/C52H93NO14/c1-12-16-19-22-28-40(6)48(57)62-36-43(35-61-47(56)39(5)27-15-4)65-45(54)31-25-33-53(51(60)67-52(9,10)11)34-26-32-46(55)66-44(37-63-49(58)41(7)29-23-20-17-13-2)38-64-50(59)42(8)30-24-21-18-14-3/h39-44H,12-38H2,1-11H3. The molecule has 67 heavy (non-hydrogen) atoms. The Kier molecular flexibility index (Phi) is 35.8. The molecule has 15 heteroatoms. The molecule has 0 N–H and O–H groups in total. The quantitative estimate of drug-likeness (QED) is 0.0321. The van der Waals surface area contributed by atoms with E-state index in [9.17, 15) is 33.6 Å². The first-order valence-electron chi connectivity index (χ1n) is 25.8. The molecule has 0 rings (SSSR count). The van der Waals surface area contributed by atoms with Crippen LogP contribution in [0.25, 0.3) is 0 Å². The highest BCUT2D eigenvalue weighted by Crippen LogP contribution is 2.18. The van der Waals surface area contributed by atoms with Crippen molar-refractivity contribution in [3.05, 3.63) is 0 Å². The fourth-order valence-corrected chi connectivity index (χ4v) is 6.98. The number of nitrogens with zero attached hydrogens (tertiary/aromatic N) is 1. The van der Waals surface area contributed by atoms with Crippen molar-refractivity contribution in [3.8, 4) is 0 Å². The molecule has 0 saturated heterocycles. The summed E-state index contributed by atoms with van der Waals surface area (Å²) in [6.07, 6.45) is 13.2. The molecule has 0 fully saturated rings. The summed E-state index contributed by atoms with van der Waals surface area (Å²) < 4.78 is 39.1. The largest absolute Gasteiger partial charge is 0.461 e. The second-order valence-electron chi connectivity index (χ2n) is 19.4. The Morgan fingerprint density at radius 3 is 1.01 bits per heavy atom. The van der Waals surface area contributed by atoms with Crippen LogP contribution < -0.4 is 0 Å². The van der Waals surface area contributed by atoms with Gasteiger partial charge >= 0.3 is 41.9 Å². The summed E-state index contributed by atoms with van der Waals surface area (Å²) in [4.78, 5) is 92.1. The Morgan fingerprint density at radius 1 is 0.418 bits per heavy atom. The second kappa shape index (κ2) is 38.0. The molecule has 1 amide bonds. The van der Waals surface area contributed by atoms with Crippen LogP contribution in [0.15, 0.2) is 0 Å². The zero-order valence-corrected chi connectivity index (χ0v) is 43.7. The van der Waals surface area contributed by atoms with Gasteiger partial charge in [0.05, 0.1) is 23.7 Å². The van der Waals surface area contributed by atoms with Crippen LogP contribution in [-0.2, 0) is 61.9 Å². The molecule has 0 radical (unpaired) electrons. The highest BCUT2D eigenvalue weighted by Gasteiger charge is 2.27. The Bertz CT molecular complexity index is 1360. The molecule has 0 saturated carbocycles. The molecule has 5 atom stereocenters. The number of amides is 1. The van der Waals surface area contributed by atoms with Gasteiger partial charge in [-0.05, 0) is 59.3 Å². The molecule has 0 aromatic carbocycles. The number of carbonyl (C=O) groups excluding carboxylic acids is 7. The van der Waals surface area contributed by atoms with Crippen LogP contribution in [0.2, 0.25) is 0 Å². The summed E-state index contributed by atoms with van der Waals surface area (Å²) in [5, 5.41) is 0. The normalized spacial score (nSPS) is 14.1.